The SMILES string of the molecule is Cc1ccc(O[C@H]2c3cc(F)cc(F)c3CC2N2CCC(O)C2)c(C)c1. The van der Waals surface area contributed by atoms with Crippen molar-refractivity contribution >= 4 is 0 Å². The summed E-state index contributed by atoms with van der Waals surface area (Å²) in [6, 6.07) is 8.13. The molecule has 2 aliphatic rings. The van der Waals surface area contributed by atoms with Crippen molar-refractivity contribution in [1.82, 2.24) is 4.90 Å². The minimum atomic E-state index is -0.586. The van der Waals surface area contributed by atoms with Gasteiger partial charge in [-0.05, 0) is 49.9 Å². The monoisotopic (exact) mass is 359 g/mol. The smallest absolute Gasteiger partial charge is 0.140 e. The van der Waals surface area contributed by atoms with E-state index in [0.29, 0.717) is 30.5 Å². The third kappa shape index (κ3) is 3.10. The standard InChI is InChI=1S/C21H23F2NO2/c1-12-3-4-20(13(2)7-12)26-21-17-8-14(22)9-18(23)16(17)10-19(21)24-6-5-15(25)11-24/h3-4,7-9,15,19,21,25H,5-6,10-11H2,1-2H3/t15?,19?,21-/m0/s1. The van der Waals surface area contributed by atoms with Crippen molar-refractivity contribution in [2.24, 2.45) is 0 Å². The lowest BCUT2D eigenvalue weighted by Crippen LogP contribution is -2.39. The van der Waals surface area contributed by atoms with Gasteiger partial charge >= 0.3 is 0 Å². The third-order valence-electron chi connectivity index (χ3n) is 5.51. The molecule has 2 unspecified atom stereocenters. The van der Waals surface area contributed by atoms with E-state index < -0.39 is 17.7 Å². The largest absolute Gasteiger partial charge is 0.484 e. The summed E-state index contributed by atoms with van der Waals surface area (Å²) in [6.45, 7) is 5.26. The summed E-state index contributed by atoms with van der Waals surface area (Å²) in [4.78, 5) is 2.14. The van der Waals surface area contributed by atoms with Crippen LogP contribution in [0.3, 0.4) is 0 Å². The highest BCUT2D eigenvalue weighted by atomic mass is 19.1. The molecule has 1 N–H and O–H groups in total. The predicted molar refractivity (Wildman–Crippen MR) is 95.3 cm³/mol. The molecule has 26 heavy (non-hydrogen) atoms. The first-order valence-electron chi connectivity index (χ1n) is 9.06. The molecule has 138 valence electrons. The van der Waals surface area contributed by atoms with E-state index in [9.17, 15) is 13.9 Å². The van der Waals surface area contributed by atoms with Gasteiger partial charge in [0.1, 0.15) is 23.5 Å². The summed E-state index contributed by atoms with van der Waals surface area (Å²) >= 11 is 0. The number of aliphatic hydroxyl groups is 1. The Kier molecular flexibility index (Phi) is 4.45. The van der Waals surface area contributed by atoms with E-state index in [1.54, 1.807) is 0 Å². The van der Waals surface area contributed by atoms with Gasteiger partial charge in [0.05, 0.1) is 12.1 Å². The quantitative estimate of drug-likeness (QED) is 0.907. The van der Waals surface area contributed by atoms with Crippen LogP contribution in [-0.2, 0) is 6.42 Å². The van der Waals surface area contributed by atoms with E-state index in [1.165, 1.54) is 6.07 Å². The maximum absolute atomic E-state index is 14.4. The lowest BCUT2D eigenvalue weighted by atomic mass is 10.1. The van der Waals surface area contributed by atoms with E-state index in [2.05, 4.69) is 4.90 Å². The molecule has 0 saturated carbocycles. The maximum Gasteiger partial charge on any atom is 0.140 e. The summed E-state index contributed by atoms with van der Waals surface area (Å²) in [5, 5.41) is 9.91. The molecule has 1 heterocycles. The normalized spacial score (nSPS) is 25.5. The molecule has 0 bridgehead atoms. The first-order valence-corrected chi connectivity index (χ1v) is 9.06. The number of hydrogen-bond donors (Lipinski definition) is 1. The van der Waals surface area contributed by atoms with Gasteiger partial charge in [-0.3, -0.25) is 4.90 Å². The Morgan fingerprint density at radius 3 is 2.65 bits per heavy atom. The second-order valence-corrected chi connectivity index (χ2v) is 7.47. The number of aryl methyl sites for hydroxylation is 2. The van der Waals surface area contributed by atoms with Crippen molar-refractivity contribution in [2.75, 3.05) is 13.1 Å². The zero-order valence-electron chi connectivity index (χ0n) is 15.0. The summed E-state index contributed by atoms with van der Waals surface area (Å²) in [7, 11) is 0. The molecule has 3 nitrogen and oxygen atoms in total. The number of rotatable bonds is 3. The highest BCUT2D eigenvalue weighted by Crippen LogP contribution is 2.41. The van der Waals surface area contributed by atoms with Gasteiger partial charge < -0.3 is 9.84 Å². The van der Waals surface area contributed by atoms with Crippen molar-refractivity contribution < 1.29 is 18.6 Å². The molecular weight excluding hydrogens is 336 g/mol. The molecule has 0 radical (unpaired) electrons. The number of nitrogens with zero attached hydrogens (tertiary/aromatic N) is 1. The van der Waals surface area contributed by atoms with Crippen LogP contribution in [0.1, 0.15) is 34.8 Å². The highest BCUT2D eigenvalue weighted by Gasteiger charge is 2.42. The topological polar surface area (TPSA) is 32.7 Å². The number of benzene rings is 2. The van der Waals surface area contributed by atoms with Gasteiger partial charge in [-0.2, -0.15) is 0 Å². The van der Waals surface area contributed by atoms with Crippen LogP contribution in [0, 0.1) is 25.5 Å². The van der Waals surface area contributed by atoms with Gasteiger partial charge in [0.15, 0.2) is 0 Å². The maximum atomic E-state index is 14.4. The number of hydrogen-bond acceptors (Lipinski definition) is 3. The zero-order valence-corrected chi connectivity index (χ0v) is 15.0. The Morgan fingerprint density at radius 1 is 1.15 bits per heavy atom. The molecule has 1 fully saturated rings. The van der Waals surface area contributed by atoms with Crippen molar-refractivity contribution in [3.63, 3.8) is 0 Å². The predicted octanol–water partition coefficient (Wildman–Crippen LogP) is 3.69. The van der Waals surface area contributed by atoms with Crippen LogP contribution in [0.25, 0.3) is 0 Å². The van der Waals surface area contributed by atoms with Gasteiger partial charge in [0.25, 0.3) is 0 Å². The van der Waals surface area contributed by atoms with Gasteiger partial charge in [-0.1, -0.05) is 17.7 Å². The number of β-amino-alcohol motifs (C(OH)–C–C–N with tert-alkyl or cyclic N) is 1. The van der Waals surface area contributed by atoms with Crippen LogP contribution < -0.4 is 4.74 Å². The first-order chi connectivity index (χ1) is 12.4. The second-order valence-electron chi connectivity index (χ2n) is 7.47. The van der Waals surface area contributed by atoms with Crippen LogP contribution in [0.5, 0.6) is 5.75 Å². The molecule has 5 heteroatoms. The fraction of sp³-hybridized carbons (Fsp3) is 0.429. The number of ether oxygens (including phenoxy) is 1. The second kappa shape index (κ2) is 6.63. The number of aliphatic hydroxyl groups excluding tert-OH is 1. The van der Waals surface area contributed by atoms with Crippen LogP contribution >= 0.6 is 0 Å². The van der Waals surface area contributed by atoms with Crippen LogP contribution in [0.15, 0.2) is 30.3 Å². The van der Waals surface area contributed by atoms with E-state index in [-0.39, 0.29) is 12.1 Å². The minimum absolute atomic E-state index is 0.112. The molecule has 1 aliphatic heterocycles. The number of likely N-dealkylation sites (tertiary alicyclic amines) is 1. The fourth-order valence-electron chi connectivity index (χ4n) is 4.22. The highest BCUT2D eigenvalue weighted by molar-refractivity contribution is 5.41. The molecule has 1 saturated heterocycles. The summed E-state index contributed by atoms with van der Waals surface area (Å²) < 4.78 is 34.6. The summed E-state index contributed by atoms with van der Waals surface area (Å²) in [5.41, 5.74) is 3.23. The van der Waals surface area contributed by atoms with E-state index >= 15 is 0 Å². The lowest BCUT2D eigenvalue weighted by Gasteiger charge is -2.30. The average molecular weight is 359 g/mol. The lowest BCUT2D eigenvalue weighted by molar-refractivity contribution is 0.0812. The Hall–Kier alpha value is -1.98. The van der Waals surface area contributed by atoms with E-state index in [1.807, 2.05) is 32.0 Å². The van der Waals surface area contributed by atoms with Crippen LogP contribution in [-0.4, -0.2) is 35.2 Å². The zero-order chi connectivity index (χ0) is 18.4. The van der Waals surface area contributed by atoms with Crippen LogP contribution in [0.2, 0.25) is 0 Å². The Balaban J connectivity index is 1.72. The Morgan fingerprint density at radius 2 is 1.96 bits per heavy atom. The molecule has 1 aliphatic carbocycles. The van der Waals surface area contributed by atoms with E-state index in [0.717, 1.165) is 29.5 Å². The summed E-state index contributed by atoms with van der Waals surface area (Å²) in [5.74, 6) is -0.378. The van der Waals surface area contributed by atoms with Crippen molar-refractivity contribution in [1.29, 1.82) is 0 Å². The van der Waals surface area contributed by atoms with Crippen molar-refractivity contribution in [3.8, 4) is 5.75 Å². The molecule has 0 amide bonds. The van der Waals surface area contributed by atoms with E-state index in [4.69, 9.17) is 4.74 Å². The molecule has 0 aromatic heterocycles. The molecule has 3 atom stereocenters. The van der Waals surface area contributed by atoms with Gasteiger partial charge in [0.2, 0.25) is 0 Å². The minimum Gasteiger partial charge on any atom is -0.484 e. The van der Waals surface area contributed by atoms with Crippen molar-refractivity contribution in [3.05, 3.63) is 64.2 Å². The van der Waals surface area contributed by atoms with Crippen LogP contribution in [0.4, 0.5) is 8.78 Å². The average Bonchev–Trinajstić information content (AvgIpc) is 3.14. The van der Waals surface area contributed by atoms with Gasteiger partial charge in [-0.25, -0.2) is 8.78 Å². The Labute approximate surface area is 152 Å². The van der Waals surface area contributed by atoms with Crippen molar-refractivity contribution in [2.45, 2.75) is 44.9 Å². The van der Waals surface area contributed by atoms with Gasteiger partial charge in [0, 0.05) is 24.7 Å². The number of fused-ring (bicyclic) bond motifs is 1. The first kappa shape index (κ1) is 17.4. The molecule has 4 rings (SSSR count). The third-order valence-corrected chi connectivity index (χ3v) is 5.51. The van der Waals surface area contributed by atoms with Gasteiger partial charge in [-0.15, -0.1) is 0 Å². The summed E-state index contributed by atoms with van der Waals surface area (Å²) in [6.07, 6.45) is 0.327. The molecule has 2 aromatic carbocycles. The molecular formula is C21H23F2NO2. The molecule has 2 aromatic rings. The Bertz CT molecular complexity index is 839. The number of halogens is 2. The fourth-order valence-corrected chi connectivity index (χ4v) is 4.22. The molecule has 0 spiro atoms.